The van der Waals surface area contributed by atoms with Crippen LogP contribution in [0, 0.1) is 17.1 Å². The molecular weight excluding hydrogens is 371 g/mol. The highest BCUT2D eigenvalue weighted by atomic mass is 35.5. The van der Waals surface area contributed by atoms with Gasteiger partial charge >= 0.3 is 0 Å². The first-order valence-corrected chi connectivity index (χ1v) is 8.17. The Balaban J connectivity index is 1.83. The standard InChI is InChI=1S/C19H12ClFN4O2/c20-14-4-1-13(10-22)17(9-14)23-18(26)11-25-19(27)8-7-16(24-25)12-2-5-15(21)6-3-12/h1-9H,11H2,(H,23,26). The summed E-state index contributed by atoms with van der Waals surface area (Å²) in [6, 6.07) is 14.8. The molecule has 0 unspecified atom stereocenters. The van der Waals surface area contributed by atoms with Gasteiger partial charge in [-0.05, 0) is 48.5 Å². The summed E-state index contributed by atoms with van der Waals surface area (Å²) >= 11 is 5.89. The van der Waals surface area contributed by atoms with Crippen LogP contribution in [0.3, 0.4) is 0 Å². The van der Waals surface area contributed by atoms with Crippen LogP contribution in [0.5, 0.6) is 0 Å². The van der Waals surface area contributed by atoms with Gasteiger partial charge in [0.1, 0.15) is 18.4 Å². The molecule has 1 N–H and O–H groups in total. The summed E-state index contributed by atoms with van der Waals surface area (Å²) in [5.74, 6) is -0.930. The molecule has 1 amide bonds. The van der Waals surface area contributed by atoms with Gasteiger partial charge in [-0.1, -0.05) is 11.6 Å². The second kappa shape index (κ2) is 7.81. The second-order valence-electron chi connectivity index (χ2n) is 5.57. The molecule has 1 heterocycles. The number of amides is 1. The number of nitrogens with zero attached hydrogens (tertiary/aromatic N) is 3. The lowest BCUT2D eigenvalue weighted by molar-refractivity contribution is -0.117. The van der Waals surface area contributed by atoms with Crippen molar-refractivity contribution < 1.29 is 9.18 Å². The fraction of sp³-hybridized carbons (Fsp3) is 0.0526. The molecule has 0 saturated heterocycles. The summed E-state index contributed by atoms with van der Waals surface area (Å²) in [5.41, 5.74) is 1.04. The zero-order valence-electron chi connectivity index (χ0n) is 13.8. The van der Waals surface area contributed by atoms with E-state index in [9.17, 15) is 14.0 Å². The van der Waals surface area contributed by atoms with Crippen molar-refractivity contribution in [2.75, 3.05) is 5.32 Å². The Hall–Kier alpha value is -3.50. The Morgan fingerprint density at radius 1 is 1.19 bits per heavy atom. The van der Waals surface area contributed by atoms with Gasteiger partial charge in [0.05, 0.1) is 16.9 Å². The number of carbonyl (C=O) groups is 1. The van der Waals surface area contributed by atoms with Crippen LogP contribution in [-0.2, 0) is 11.3 Å². The minimum atomic E-state index is -0.542. The summed E-state index contributed by atoms with van der Waals surface area (Å²) in [5, 5.41) is 16.2. The predicted octanol–water partition coefficient (Wildman–Crippen LogP) is 3.21. The van der Waals surface area contributed by atoms with Crippen molar-refractivity contribution in [2.24, 2.45) is 0 Å². The van der Waals surface area contributed by atoms with E-state index in [4.69, 9.17) is 16.9 Å². The molecule has 0 aliphatic rings. The van der Waals surface area contributed by atoms with Gasteiger partial charge in [-0.25, -0.2) is 9.07 Å². The fourth-order valence-corrected chi connectivity index (χ4v) is 2.55. The number of halogens is 2. The molecule has 6 nitrogen and oxygen atoms in total. The average molecular weight is 383 g/mol. The average Bonchev–Trinajstić information content (AvgIpc) is 2.64. The van der Waals surface area contributed by atoms with Gasteiger partial charge in [0.15, 0.2) is 0 Å². The third kappa shape index (κ3) is 4.37. The minimum absolute atomic E-state index is 0.244. The summed E-state index contributed by atoms with van der Waals surface area (Å²) in [6.07, 6.45) is 0. The Kier molecular flexibility index (Phi) is 5.29. The lowest BCUT2D eigenvalue weighted by atomic mass is 10.1. The fourth-order valence-electron chi connectivity index (χ4n) is 2.38. The van der Waals surface area contributed by atoms with Crippen molar-refractivity contribution >= 4 is 23.2 Å². The van der Waals surface area contributed by atoms with E-state index < -0.39 is 11.5 Å². The Morgan fingerprint density at radius 2 is 1.93 bits per heavy atom. The van der Waals surface area contributed by atoms with Crippen LogP contribution in [0.15, 0.2) is 59.4 Å². The highest BCUT2D eigenvalue weighted by Gasteiger charge is 2.11. The molecule has 2 aromatic carbocycles. The van der Waals surface area contributed by atoms with E-state index in [1.54, 1.807) is 0 Å². The number of benzene rings is 2. The number of anilines is 1. The van der Waals surface area contributed by atoms with Crippen molar-refractivity contribution in [3.63, 3.8) is 0 Å². The van der Waals surface area contributed by atoms with E-state index in [0.717, 1.165) is 4.68 Å². The molecule has 0 bridgehead atoms. The van der Waals surface area contributed by atoms with E-state index in [1.165, 1.54) is 54.6 Å². The summed E-state index contributed by atoms with van der Waals surface area (Å²) in [6.45, 7) is -0.356. The maximum absolute atomic E-state index is 13.1. The SMILES string of the molecule is N#Cc1ccc(Cl)cc1NC(=O)Cn1nc(-c2ccc(F)cc2)ccc1=O. The van der Waals surface area contributed by atoms with Crippen LogP contribution >= 0.6 is 11.6 Å². The molecule has 27 heavy (non-hydrogen) atoms. The van der Waals surface area contributed by atoms with Gasteiger partial charge in [-0.2, -0.15) is 10.4 Å². The first-order chi connectivity index (χ1) is 13.0. The van der Waals surface area contributed by atoms with E-state index in [0.29, 0.717) is 16.3 Å². The van der Waals surface area contributed by atoms with Crippen LogP contribution in [0.1, 0.15) is 5.56 Å². The van der Waals surface area contributed by atoms with E-state index in [1.807, 2.05) is 6.07 Å². The molecule has 0 aliphatic heterocycles. The zero-order valence-corrected chi connectivity index (χ0v) is 14.6. The Morgan fingerprint density at radius 3 is 2.63 bits per heavy atom. The van der Waals surface area contributed by atoms with Crippen LogP contribution < -0.4 is 10.9 Å². The van der Waals surface area contributed by atoms with Crippen molar-refractivity contribution in [3.8, 4) is 17.3 Å². The van der Waals surface area contributed by atoms with E-state index >= 15 is 0 Å². The second-order valence-corrected chi connectivity index (χ2v) is 6.01. The number of nitriles is 1. The molecule has 0 radical (unpaired) electrons. The third-order valence-electron chi connectivity index (χ3n) is 3.68. The number of aromatic nitrogens is 2. The van der Waals surface area contributed by atoms with Crippen molar-refractivity contribution in [1.82, 2.24) is 9.78 Å². The van der Waals surface area contributed by atoms with E-state index in [-0.39, 0.29) is 23.6 Å². The molecule has 0 atom stereocenters. The number of nitrogens with one attached hydrogen (secondary N) is 1. The topological polar surface area (TPSA) is 87.8 Å². The van der Waals surface area contributed by atoms with Gasteiger partial charge in [0.2, 0.25) is 5.91 Å². The van der Waals surface area contributed by atoms with Crippen LogP contribution in [0.25, 0.3) is 11.3 Å². The molecule has 8 heteroatoms. The predicted molar refractivity (Wildman–Crippen MR) is 98.7 cm³/mol. The Bertz CT molecular complexity index is 1100. The largest absolute Gasteiger partial charge is 0.323 e. The number of hydrogen-bond donors (Lipinski definition) is 1. The van der Waals surface area contributed by atoms with Gasteiger partial charge in [-0.3, -0.25) is 9.59 Å². The van der Waals surface area contributed by atoms with E-state index in [2.05, 4.69) is 10.4 Å². The maximum atomic E-state index is 13.1. The molecule has 0 fully saturated rings. The molecule has 3 rings (SSSR count). The van der Waals surface area contributed by atoms with Crippen LogP contribution in [0.4, 0.5) is 10.1 Å². The zero-order chi connectivity index (χ0) is 19.4. The summed E-state index contributed by atoms with van der Waals surface area (Å²) < 4.78 is 14.0. The van der Waals surface area contributed by atoms with Gasteiger partial charge in [-0.15, -0.1) is 0 Å². The van der Waals surface area contributed by atoms with Crippen molar-refractivity contribution in [1.29, 1.82) is 5.26 Å². The van der Waals surface area contributed by atoms with Crippen molar-refractivity contribution in [2.45, 2.75) is 6.54 Å². The lowest BCUT2D eigenvalue weighted by Gasteiger charge is -2.09. The third-order valence-corrected chi connectivity index (χ3v) is 3.91. The summed E-state index contributed by atoms with van der Waals surface area (Å²) in [7, 11) is 0. The molecule has 0 saturated carbocycles. The minimum Gasteiger partial charge on any atom is -0.323 e. The number of rotatable bonds is 4. The Labute approximate surface area is 158 Å². The maximum Gasteiger partial charge on any atom is 0.267 e. The molecule has 0 aliphatic carbocycles. The molecule has 134 valence electrons. The van der Waals surface area contributed by atoms with Gasteiger partial charge < -0.3 is 5.32 Å². The van der Waals surface area contributed by atoms with Crippen molar-refractivity contribution in [3.05, 3.63) is 81.4 Å². The molecule has 1 aromatic heterocycles. The first kappa shape index (κ1) is 18.3. The van der Waals surface area contributed by atoms with Gasteiger partial charge in [0, 0.05) is 16.7 Å². The molecular formula is C19H12ClFN4O2. The van der Waals surface area contributed by atoms with Gasteiger partial charge in [0.25, 0.3) is 5.56 Å². The highest BCUT2D eigenvalue weighted by Crippen LogP contribution is 2.20. The molecule has 0 spiro atoms. The van der Waals surface area contributed by atoms with Crippen LogP contribution in [-0.4, -0.2) is 15.7 Å². The first-order valence-electron chi connectivity index (χ1n) is 7.80. The lowest BCUT2D eigenvalue weighted by Crippen LogP contribution is -2.29. The number of carbonyl (C=O) groups excluding carboxylic acids is 1. The normalized spacial score (nSPS) is 10.3. The van der Waals surface area contributed by atoms with Crippen LogP contribution in [0.2, 0.25) is 5.02 Å². The number of hydrogen-bond acceptors (Lipinski definition) is 4. The monoisotopic (exact) mass is 382 g/mol. The molecule has 3 aromatic rings. The highest BCUT2D eigenvalue weighted by molar-refractivity contribution is 6.31. The summed E-state index contributed by atoms with van der Waals surface area (Å²) in [4.78, 5) is 24.3. The smallest absolute Gasteiger partial charge is 0.267 e. The quantitative estimate of drug-likeness (QED) is 0.750.